The standard InChI is InChI=1S/C9H13NO3/c1-10-5-9(13)6-2-3-7(11)8(12)4-6/h2-4,9-13H,5H2,1H3/i1D3,5D2/hD. The van der Waals surface area contributed by atoms with Gasteiger partial charge in [0.25, 0.3) is 0 Å². The van der Waals surface area contributed by atoms with Crippen molar-refractivity contribution in [3.05, 3.63) is 23.8 Å². The van der Waals surface area contributed by atoms with Crippen molar-refractivity contribution in [2.24, 2.45) is 0 Å². The summed E-state index contributed by atoms with van der Waals surface area (Å²) < 4.78 is 43.1. The molecule has 0 saturated heterocycles. The van der Waals surface area contributed by atoms with Crippen molar-refractivity contribution in [2.75, 3.05) is 13.5 Å². The monoisotopic (exact) mass is 189 g/mol. The van der Waals surface area contributed by atoms with Gasteiger partial charge in [0.05, 0.1) is 6.10 Å². The lowest BCUT2D eigenvalue weighted by atomic mass is 10.1. The highest BCUT2D eigenvalue weighted by Gasteiger charge is 2.08. The highest BCUT2D eigenvalue weighted by atomic mass is 16.3. The number of aliphatic hydroxyl groups is 1. The zero-order valence-electron chi connectivity index (χ0n) is 12.6. The smallest absolute Gasteiger partial charge is 0.157 e. The Morgan fingerprint density at radius 3 is 3.00 bits per heavy atom. The lowest BCUT2D eigenvalue weighted by Gasteiger charge is -2.10. The molecule has 0 aliphatic heterocycles. The van der Waals surface area contributed by atoms with Gasteiger partial charge in [-0.3, -0.25) is 0 Å². The minimum Gasteiger partial charge on any atom is -0.504 e. The molecule has 4 nitrogen and oxygen atoms in total. The lowest BCUT2D eigenvalue weighted by Crippen LogP contribution is -2.16. The van der Waals surface area contributed by atoms with Crippen LogP contribution < -0.4 is 5.31 Å². The molecule has 0 fully saturated rings. The molecule has 0 amide bonds. The fraction of sp³-hybridized carbons (Fsp3) is 0.333. The first-order chi connectivity index (χ1) is 8.48. The predicted octanol–water partition coefficient (Wildman–Crippen LogP) is 0.351. The first-order valence-corrected chi connectivity index (χ1v) is 3.47. The van der Waals surface area contributed by atoms with Gasteiger partial charge in [0.15, 0.2) is 11.5 Å². The normalized spacial score (nSPS) is 22.0. The number of hydrogen-bond donors (Lipinski definition) is 4. The molecule has 1 atom stereocenters. The van der Waals surface area contributed by atoms with Gasteiger partial charge in [0, 0.05) is 13.4 Å². The SMILES string of the molecule is [2H]N(C([2H])([2H])[2H])C([2H])([2H])C(O)c1ccc(O)c(O)c1. The van der Waals surface area contributed by atoms with Crippen LogP contribution in [-0.4, -0.2) is 28.8 Å². The fourth-order valence-electron chi connectivity index (χ4n) is 0.846. The topological polar surface area (TPSA) is 72.7 Å². The van der Waals surface area contributed by atoms with Crippen molar-refractivity contribution in [1.82, 2.24) is 5.31 Å². The Morgan fingerprint density at radius 1 is 1.62 bits per heavy atom. The molecule has 1 aromatic rings. The third-order valence-electron chi connectivity index (χ3n) is 1.50. The van der Waals surface area contributed by atoms with E-state index in [1.807, 2.05) is 0 Å². The van der Waals surface area contributed by atoms with Crippen LogP contribution in [0, 0.1) is 0 Å². The van der Waals surface area contributed by atoms with E-state index in [9.17, 15) is 10.2 Å². The van der Waals surface area contributed by atoms with Gasteiger partial charge in [0.1, 0.15) is 1.41 Å². The zero-order valence-corrected chi connectivity index (χ0v) is 6.60. The van der Waals surface area contributed by atoms with Gasteiger partial charge in [-0.2, -0.15) is 0 Å². The molecule has 0 bridgehead atoms. The number of nitrogens with one attached hydrogen (secondary N) is 1. The maximum absolute atomic E-state index is 9.82. The summed E-state index contributed by atoms with van der Waals surface area (Å²) in [5, 5.41) is 27.9. The van der Waals surface area contributed by atoms with E-state index in [2.05, 4.69) is 0 Å². The number of aliphatic hydroxyl groups excluding tert-OH is 1. The molecule has 1 unspecified atom stereocenters. The van der Waals surface area contributed by atoms with Crippen LogP contribution in [0.25, 0.3) is 0 Å². The number of likely N-dealkylation sites (N-methyl/N-ethyl adjacent to an activating group) is 1. The van der Waals surface area contributed by atoms with Gasteiger partial charge in [-0.05, 0) is 24.7 Å². The molecule has 0 aliphatic carbocycles. The van der Waals surface area contributed by atoms with E-state index in [1.165, 1.54) is 0 Å². The van der Waals surface area contributed by atoms with Crippen LogP contribution >= 0.6 is 0 Å². The Bertz CT molecular complexity index is 464. The Hall–Kier alpha value is -1.26. The summed E-state index contributed by atoms with van der Waals surface area (Å²) in [7, 11) is 0. The van der Waals surface area contributed by atoms with E-state index in [1.54, 1.807) is 0 Å². The lowest BCUT2D eigenvalue weighted by molar-refractivity contribution is 0.177. The van der Waals surface area contributed by atoms with Crippen molar-refractivity contribution in [3.8, 4) is 11.5 Å². The predicted molar refractivity (Wildman–Crippen MR) is 48.7 cm³/mol. The van der Waals surface area contributed by atoms with E-state index in [-0.39, 0.29) is 10.9 Å². The Morgan fingerprint density at radius 2 is 2.38 bits per heavy atom. The molecule has 0 aliphatic rings. The first-order valence-electron chi connectivity index (χ1n) is 6.42. The maximum Gasteiger partial charge on any atom is 0.157 e. The first kappa shape index (κ1) is 4.30. The fourth-order valence-corrected chi connectivity index (χ4v) is 0.846. The van der Waals surface area contributed by atoms with Crippen molar-refractivity contribution in [1.29, 1.82) is 0 Å². The molecule has 1 rings (SSSR count). The maximum atomic E-state index is 9.82. The number of aromatic hydroxyl groups is 2. The van der Waals surface area contributed by atoms with Crippen LogP contribution in [-0.2, 0) is 0 Å². The summed E-state index contributed by atoms with van der Waals surface area (Å²) in [6, 6.07) is 3.03. The minimum atomic E-state index is -3.05. The van der Waals surface area contributed by atoms with Gasteiger partial charge in [-0.1, -0.05) is 6.07 Å². The van der Waals surface area contributed by atoms with Crippen LogP contribution in [0.3, 0.4) is 0 Å². The molecular formula is C9H13NO3. The Labute approximate surface area is 84.9 Å². The molecular weight excluding hydrogens is 170 g/mol. The molecule has 72 valence electrons. The molecule has 0 spiro atoms. The van der Waals surface area contributed by atoms with E-state index in [0.29, 0.717) is 0 Å². The summed E-state index contributed by atoms with van der Waals surface area (Å²) in [5.74, 6) is -1.05. The number of phenols is 2. The van der Waals surface area contributed by atoms with Crippen LogP contribution in [0.1, 0.15) is 18.5 Å². The van der Waals surface area contributed by atoms with Crippen LogP contribution in [0.4, 0.5) is 0 Å². The second-order valence-corrected chi connectivity index (χ2v) is 2.39. The van der Waals surface area contributed by atoms with Crippen molar-refractivity contribution in [3.63, 3.8) is 0 Å². The third-order valence-corrected chi connectivity index (χ3v) is 1.50. The van der Waals surface area contributed by atoms with E-state index >= 15 is 0 Å². The molecule has 0 heterocycles. The average molecular weight is 189 g/mol. The van der Waals surface area contributed by atoms with E-state index in [0.717, 1.165) is 18.2 Å². The van der Waals surface area contributed by atoms with Crippen LogP contribution in [0.5, 0.6) is 11.5 Å². The Kier molecular flexibility index (Phi) is 1.36. The average Bonchev–Trinajstić information content (AvgIpc) is 2.29. The molecule has 0 saturated carbocycles. The second-order valence-electron chi connectivity index (χ2n) is 2.39. The molecule has 1 aromatic carbocycles. The molecule has 0 aromatic heterocycles. The molecule has 0 radical (unpaired) electrons. The van der Waals surface area contributed by atoms with E-state index in [4.69, 9.17) is 13.4 Å². The molecule has 4 heteroatoms. The largest absolute Gasteiger partial charge is 0.504 e. The number of phenolic OH excluding ortho intramolecular Hbond substituents is 2. The number of benzene rings is 1. The molecule has 4 N–H and O–H groups in total. The van der Waals surface area contributed by atoms with Crippen molar-refractivity contribution in [2.45, 2.75) is 6.10 Å². The van der Waals surface area contributed by atoms with Crippen LogP contribution in [0.15, 0.2) is 18.2 Å². The highest BCUT2D eigenvalue weighted by Crippen LogP contribution is 2.27. The summed E-state index contributed by atoms with van der Waals surface area (Å²) in [5.41, 5.74) is -0.165. The quantitative estimate of drug-likeness (QED) is 0.518. The highest BCUT2D eigenvalue weighted by molar-refractivity contribution is 5.41. The van der Waals surface area contributed by atoms with Gasteiger partial charge in [-0.15, -0.1) is 0 Å². The van der Waals surface area contributed by atoms with Crippen molar-refractivity contribution >= 4 is 0 Å². The van der Waals surface area contributed by atoms with Gasteiger partial charge in [-0.25, -0.2) is 0 Å². The van der Waals surface area contributed by atoms with Gasteiger partial charge in [0.2, 0.25) is 0 Å². The van der Waals surface area contributed by atoms with Crippen molar-refractivity contribution < 1.29 is 23.6 Å². The van der Waals surface area contributed by atoms with E-state index < -0.39 is 31.1 Å². The summed E-state index contributed by atoms with van der Waals surface area (Å²) in [6.45, 7) is -5.96. The zero-order chi connectivity index (χ0) is 15.0. The molecule has 13 heavy (non-hydrogen) atoms. The number of rotatable bonds is 3. The number of hydrogen-bond acceptors (Lipinski definition) is 4. The summed E-state index contributed by atoms with van der Waals surface area (Å²) >= 11 is 0. The summed E-state index contributed by atoms with van der Waals surface area (Å²) in [6.07, 6.45) is -1.99. The third kappa shape index (κ3) is 2.34. The van der Waals surface area contributed by atoms with Crippen LogP contribution in [0.2, 0.25) is 1.41 Å². The van der Waals surface area contributed by atoms with Gasteiger partial charge >= 0.3 is 0 Å². The second kappa shape index (κ2) is 4.11. The Balaban J connectivity index is 3.10. The van der Waals surface area contributed by atoms with Gasteiger partial charge < -0.3 is 20.6 Å². The minimum absolute atomic E-state index is 0.165. The summed E-state index contributed by atoms with van der Waals surface area (Å²) in [4.78, 5) is 0.